The van der Waals surface area contributed by atoms with Crippen molar-refractivity contribution in [3.8, 4) is 0 Å². The number of piperidine rings is 1. The van der Waals surface area contributed by atoms with Crippen molar-refractivity contribution in [1.82, 2.24) is 9.62 Å². The van der Waals surface area contributed by atoms with E-state index in [1.807, 2.05) is 7.05 Å². The molecule has 114 valence electrons. The Balaban J connectivity index is 0.00000200. The zero-order valence-electron chi connectivity index (χ0n) is 11.0. The van der Waals surface area contributed by atoms with Gasteiger partial charge in [0.15, 0.2) is 0 Å². The summed E-state index contributed by atoms with van der Waals surface area (Å²) in [6, 6.07) is 4.35. The van der Waals surface area contributed by atoms with Gasteiger partial charge in [-0.05, 0) is 38.1 Å². The summed E-state index contributed by atoms with van der Waals surface area (Å²) >= 11 is 3.12. The van der Waals surface area contributed by atoms with E-state index >= 15 is 0 Å². The van der Waals surface area contributed by atoms with Crippen molar-refractivity contribution >= 4 is 38.4 Å². The van der Waals surface area contributed by atoms with Gasteiger partial charge in [-0.1, -0.05) is 15.9 Å². The van der Waals surface area contributed by atoms with Crippen molar-refractivity contribution in [2.24, 2.45) is 0 Å². The largest absolute Gasteiger partial charge is 0.317 e. The standard InChI is InChI=1S/C12H16BrFN2O2S.ClH/c1-15-10-4-6-16(7-5-10)19(17,18)12-3-2-9(13)8-11(12)14;/h2-3,8,10,15H,4-7H2,1H3;1H. The lowest BCUT2D eigenvalue weighted by molar-refractivity contribution is 0.297. The fourth-order valence-corrected chi connectivity index (χ4v) is 4.06. The number of benzene rings is 1. The molecule has 0 atom stereocenters. The van der Waals surface area contributed by atoms with E-state index in [1.165, 1.54) is 22.5 Å². The number of hydrogen-bond donors (Lipinski definition) is 1. The van der Waals surface area contributed by atoms with Gasteiger partial charge in [-0.15, -0.1) is 12.4 Å². The lowest BCUT2D eigenvalue weighted by Crippen LogP contribution is -2.44. The van der Waals surface area contributed by atoms with Crippen LogP contribution in [0.25, 0.3) is 0 Å². The van der Waals surface area contributed by atoms with E-state index in [1.54, 1.807) is 0 Å². The van der Waals surface area contributed by atoms with Gasteiger partial charge in [0.2, 0.25) is 10.0 Å². The van der Waals surface area contributed by atoms with Crippen molar-refractivity contribution in [1.29, 1.82) is 0 Å². The third kappa shape index (κ3) is 3.71. The molecule has 1 N–H and O–H groups in total. The molecule has 2 rings (SSSR count). The van der Waals surface area contributed by atoms with Crippen LogP contribution in [0.5, 0.6) is 0 Å². The molecule has 1 aliphatic heterocycles. The summed E-state index contributed by atoms with van der Waals surface area (Å²) in [6.45, 7) is 0.840. The van der Waals surface area contributed by atoms with Gasteiger partial charge in [0.25, 0.3) is 0 Å². The highest BCUT2D eigenvalue weighted by molar-refractivity contribution is 9.10. The van der Waals surface area contributed by atoms with Crippen molar-refractivity contribution in [3.05, 3.63) is 28.5 Å². The molecule has 20 heavy (non-hydrogen) atoms. The minimum absolute atomic E-state index is 0. The van der Waals surface area contributed by atoms with Gasteiger partial charge < -0.3 is 5.32 Å². The molecule has 0 spiro atoms. The molecule has 4 nitrogen and oxygen atoms in total. The molecule has 0 bridgehead atoms. The molecule has 1 heterocycles. The molecule has 0 amide bonds. The van der Waals surface area contributed by atoms with Crippen LogP contribution >= 0.6 is 28.3 Å². The number of hydrogen-bond acceptors (Lipinski definition) is 3. The summed E-state index contributed by atoms with van der Waals surface area (Å²) in [4.78, 5) is -0.251. The Bertz CT molecular complexity index is 563. The second-order valence-electron chi connectivity index (χ2n) is 4.54. The number of nitrogens with zero attached hydrogens (tertiary/aromatic N) is 1. The average molecular weight is 388 g/mol. The van der Waals surface area contributed by atoms with Crippen LogP contribution in [0, 0.1) is 5.82 Å². The first-order chi connectivity index (χ1) is 8.95. The fraction of sp³-hybridized carbons (Fsp3) is 0.500. The first kappa shape index (κ1) is 17.8. The molecule has 1 fully saturated rings. The van der Waals surface area contributed by atoms with Crippen LogP contribution < -0.4 is 5.32 Å². The van der Waals surface area contributed by atoms with Crippen molar-refractivity contribution in [3.63, 3.8) is 0 Å². The summed E-state index contributed by atoms with van der Waals surface area (Å²) in [5.41, 5.74) is 0. The Morgan fingerprint density at radius 2 is 1.95 bits per heavy atom. The molecule has 1 aromatic rings. The van der Waals surface area contributed by atoms with E-state index in [-0.39, 0.29) is 17.3 Å². The van der Waals surface area contributed by atoms with Crippen LogP contribution in [0.1, 0.15) is 12.8 Å². The Kier molecular flexibility index (Phi) is 6.40. The topological polar surface area (TPSA) is 49.4 Å². The summed E-state index contributed by atoms with van der Waals surface area (Å²) < 4.78 is 40.4. The van der Waals surface area contributed by atoms with Gasteiger partial charge in [0, 0.05) is 23.6 Å². The number of halogens is 3. The summed E-state index contributed by atoms with van der Waals surface area (Å²) in [7, 11) is -1.87. The highest BCUT2D eigenvalue weighted by atomic mass is 79.9. The van der Waals surface area contributed by atoms with E-state index < -0.39 is 15.8 Å². The highest BCUT2D eigenvalue weighted by Gasteiger charge is 2.30. The van der Waals surface area contributed by atoms with E-state index in [4.69, 9.17) is 0 Å². The number of nitrogens with one attached hydrogen (secondary N) is 1. The molecule has 0 aromatic heterocycles. The van der Waals surface area contributed by atoms with Crippen molar-refractivity contribution in [2.75, 3.05) is 20.1 Å². The zero-order valence-corrected chi connectivity index (χ0v) is 14.2. The maximum Gasteiger partial charge on any atom is 0.245 e. The smallest absolute Gasteiger partial charge is 0.245 e. The average Bonchev–Trinajstić information content (AvgIpc) is 2.38. The molecular formula is C12H17BrClFN2O2S. The Morgan fingerprint density at radius 1 is 1.35 bits per heavy atom. The molecule has 1 saturated heterocycles. The lowest BCUT2D eigenvalue weighted by Gasteiger charge is -2.31. The van der Waals surface area contributed by atoms with Crippen LogP contribution in [0.3, 0.4) is 0 Å². The van der Waals surface area contributed by atoms with Crippen LogP contribution in [0.4, 0.5) is 4.39 Å². The summed E-state index contributed by atoms with van der Waals surface area (Å²) in [6.07, 6.45) is 1.49. The minimum atomic E-state index is -3.73. The molecule has 0 radical (unpaired) electrons. The SMILES string of the molecule is CNC1CCN(S(=O)(=O)c2ccc(Br)cc2F)CC1.Cl. The lowest BCUT2D eigenvalue weighted by atomic mass is 10.1. The van der Waals surface area contributed by atoms with E-state index in [9.17, 15) is 12.8 Å². The maximum absolute atomic E-state index is 13.8. The van der Waals surface area contributed by atoms with E-state index in [0.29, 0.717) is 23.6 Å². The fourth-order valence-electron chi connectivity index (χ4n) is 2.21. The molecule has 1 aromatic carbocycles. The third-order valence-electron chi connectivity index (χ3n) is 3.37. The monoisotopic (exact) mass is 386 g/mol. The Hall–Kier alpha value is -0.210. The second-order valence-corrected chi connectivity index (χ2v) is 7.36. The molecule has 8 heteroatoms. The van der Waals surface area contributed by atoms with Gasteiger partial charge in [-0.25, -0.2) is 12.8 Å². The predicted molar refractivity (Wildman–Crippen MR) is 82.2 cm³/mol. The van der Waals surface area contributed by atoms with Gasteiger partial charge >= 0.3 is 0 Å². The second kappa shape index (κ2) is 7.17. The third-order valence-corrected chi connectivity index (χ3v) is 5.80. The maximum atomic E-state index is 13.8. The first-order valence-corrected chi connectivity index (χ1v) is 8.31. The molecule has 0 aliphatic carbocycles. The molecule has 0 unspecified atom stereocenters. The van der Waals surface area contributed by atoms with Gasteiger partial charge in [-0.3, -0.25) is 0 Å². The van der Waals surface area contributed by atoms with E-state index in [0.717, 1.165) is 12.8 Å². The minimum Gasteiger partial charge on any atom is -0.317 e. The van der Waals surface area contributed by atoms with Crippen LogP contribution in [-0.4, -0.2) is 38.9 Å². The van der Waals surface area contributed by atoms with Crippen LogP contribution in [0.15, 0.2) is 27.6 Å². The summed E-state index contributed by atoms with van der Waals surface area (Å²) in [5.74, 6) is -0.717. The van der Waals surface area contributed by atoms with Crippen LogP contribution in [-0.2, 0) is 10.0 Å². The molecule has 0 saturated carbocycles. The van der Waals surface area contributed by atoms with Gasteiger partial charge in [0.1, 0.15) is 10.7 Å². The van der Waals surface area contributed by atoms with Crippen molar-refractivity contribution < 1.29 is 12.8 Å². The molecule has 1 aliphatic rings. The van der Waals surface area contributed by atoms with Gasteiger partial charge in [0.05, 0.1) is 0 Å². The molecular weight excluding hydrogens is 371 g/mol. The zero-order chi connectivity index (χ0) is 14.0. The van der Waals surface area contributed by atoms with Gasteiger partial charge in [-0.2, -0.15) is 4.31 Å². The van der Waals surface area contributed by atoms with Crippen molar-refractivity contribution in [2.45, 2.75) is 23.8 Å². The first-order valence-electron chi connectivity index (χ1n) is 6.07. The number of rotatable bonds is 3. The van der Waals surface area contributed by atoms with Crippen LogP contribution in [0.2, 0.25) is 0 Å². The predicted octanol–water partition coefficient (Wildman–Crippen LogP) is 2.38. The summed E-state index contributed by atoms with van der Waals surface area (Å²) in [5, 5.41) is 3.13. The normalized spacial score (nSPS) is 17.8. The Morgan fingerprint density at radius 3 is 2.45 bits per heavy atom. The number of sulfonamides is 1. The highest BCUT2D eigenvalue weighted by Crippen LogP contribution is 2.25. The van der Waals surface area contributed by atoms with E-state index in [2.05, 4.69) is 21.2 Å². The quantitative estimate of drug-likeness (QED) is 0.866. The Labute approximate surface area is 133 Å².